The summed E-state index contributed by atoms with van der Waals surface area (Å²) in [5.74, 6) is 0.523. The number of para-hydroxylation sites is 1. The summed E-state index contributed by atoms with van der Waals surface area (Å²) in [7, 11) is 1.61. The average Bonchev–Trinajstić information content (AvgIpc) is 3.15. The summed E-state index contributed by atoms with van der Waals surface area (Å²) in [5.41, 5.74) is 4.91. The lowest BCUT2D eigenvalue weighted by molar-refractivity contribution is -0.706. The van der Waals surface area contributed by atoms with Gasteiger partial charge in [-0.25, -0.2) is 0 Å². The second kappa shape index (κ2) is 7.48. The number of nitrogens with one attached hydrogen (secondary N) is 1. The molecular weight excluding hydrogens is 376 g/mol. The van der Waals surface area contributed by atoms with Crippen LogP contribution in [-0.4, -0.2) is 13.0 Å². The molecule has 2 aromatic carbocycles. The van der Waals surface area contributed by atoms with Crippen molar-refractivity contribution < 1.29 is 18.5 Å². The molecule has 1 aliphatic rings. The van der Waals surface area contributed by atoms with Crippen molar-refractivity contribution in [3.05, 3.63) is 66.0 Å². The van der Waals surface area contributed by atoms with E-state index in [1.54, 1.807) is 7.11 Å². The molecular formula is C25H25N2O3+. The third-order valence-electron chi connectivity index (χ3n) is 6.09. The van der Waals surface area contributed by atoms with Crippen LogP contribution in [0.15, 0.2) is 59.3 Å². The number of carbonyl (C=O) groups excluding carboxylic acids is 1. The third-order valence-corrected chi connectivity index (χ3v) is 6.09. The first-order valence-corrected chi connectivity index (χ1v) is 10.5. The van der Waals surface area contributed by atoms with E-state index < -0.39 is 0 Å². The topological polar surface area (TPSA) is 55.4 Å². The lowest BCUT2D eigenvalue weighted by Crippen LogP contribution is -2.44. The Kier molecular flexibility index (Phi) is 4.66. The maximum absolute atomic E-state index is 13.0. The van der Waals surface area contributed by atoms with Crippen LogP contribution >= 0.6 is 0 Å². The van der Waals surface area contributed by atoms with Gasteiger partial charge in [0.25, 0.3) is 5.91 Å². The zero-order chi connectivity index (χ0) is 20.7. The maximum Gasteiger partial charge on any atom is 0.293 e. The number of carbonyl (C=O) groups is 1. The Morgan fingerprint density at radius 2 is 1.87 bits per heavy atom. The van der Waals surface area contributed by atoms with E-state index >= 15 is 0 Å². The van der Waals surface area contributed by atoms with Crippen molar-refractivity contribution in [3.8, 4) is 5.75 Å². The molecule has 0 saturated heterocycles. The zero-order valence-electron chi connectivity index (χ0n) is 17.3. The molecule has 0 aliphatic heterocycles. The Balaban J connectivity index is 1.45. The Labute approximate surface area is 175 Å². The Hall–Kier alpha value is -3.34. The molecule has 0 spiro atoms. The summed E-state index contributed by atoms with van der Waals surface area (Å²) >= 11 is 0. The highest BCUT2D eigenvalue weighted by Crippen LogP contribution is 2.36. The molecule has 1 N–H and O–H groups in total. The minimum atomic E-state index is -0.340. The van der Waals surface area contributed by atoms with Crippen LogP contribution in [0.1, 0.15) is 36.9 Å². The van der Waals surface area contributed by atoms with E-state index in [2.05, 4.69) is 17.6 Å². The van der Waals surface area contributed by atoms with Crippen LogP contribution in [0.5, 0.6) is 5.75 Å². The molecule has 4 aromatic rings. The molecule has 0 unspecified atom stereocenters. The summed E-state index contributed by atoms with van der Waals surface area (Å²) in [6, 6.07) is 13.5. The number of hydrogen-bond acceptors (Lipinski definition) is 3. The van der Waals surface area contributed by atoms with Gasteiger partial charge >= 0.3 is 0 Å². The normalized spacial score (nSPS) is 14.5. The zero-order valence-corrected chi connectivity index (χ0v) is 17.3. The molecule has 152 valence electrons. The number of amides is 1. The van der Waals surface area contributed by atoms with Crippen LogP contribution in [0.4, 0.5) is 5.69 Å². The lowest BCUT2D eigenvalue weighted by atomic mass is 9.93. The quantitative estimate of drug-likeness (QED) is 0.492. The van der Waals surface area contributed by atoms with E-state index in [4.69, 9.17) is 9.15 Å². The van der Waals surface area contributed by atoms with Crippen molar-refractivity contribution in [2.75, 3.05) is 12.4 Å². The van der Waals surface area contributed by atoms with E-state index in [9.17, 15) is 4.79 Å². The second-order valence-corrected chi connectivity index (χ2v) is 7.96. The minimum Gasteiger partial charge on any atom is -0.495 e. The number of aryl methyl sites for hydroxylation is 2. The molecule has 1 amide bonds. The predicted octanol–water partition coefficient (Wildman–Crippen LogP) is 4.96. The second-order valence-electron chi connectivity index (χ2n) is 7.96. The summed E-state index contributed by atoms with van der Waals surface area (Å²) in [6.07, 6.45) is 8.81. The van der Waals surface area contributed by atoms with Crippen molar-refractivity contribution in [1.29, 1.82) is 0 Å². The number of furan rings is 1. The number of benzene rings is 2. The molecule has 0 fully saturated rings. The molecule has 5 heteroatoms. The predicted molar refractivity (Wildman–Crippen MR) is 117 cm³/mol. The van der Waals surface area contributed by atoms with Crippen LogP contribution in [-0.2, 0) is 17.6 Å². The summed E-state index contributed by atoms with van der Waals surface area (Å²) < 4.78 is 13.5. The van der Waals surface area contributed by atoms with E-state index in [-0.39, 0.29) is 11.9 Å². The molecule has 0 saturated carbocycles. The molecule has 5 rings (SSSR count). The molecule has 0 radical (unpaired) electrons. The fourth-order valence-electron chi connectivity index (χ4n) is 4.32. The lowest BCUT2D eigenvalue weighted by Gasteiger charge is -2.16. The van der Waals surface area contributed by atoms with E-state index in [0.717, 1.165) is 34.8 Å². The van der Waals surface area contributed by atoms with E-state index in [0.29, 0.717) is 11.4 Å². The monoisotopic (exact) mass is 401 g/mol. The molecule has 2 aromatic heterocycles. The van der Waals surface area contributed by atoms with Gasteiger partial charge < -0.3 is 14.5 Å². The average molecular weight is 401 g/mol. The molecule has 2 heterocycles. The van der Waals surface area contributed by atoms with Crippen LogP contribution < -0.4 is 14.6 Å². The van der Waals surface area contributed by atoms with Gasteiger partial charge in [0, 0.05) is 35.4 Å². The number of methoxy groups -OCH3 is 1. The van der Waals surface area contributed by atoms with Gasteiger partial charge in [0.1, 0.15) is 16.9 Å². The van der Waals surface area contributed by atoms with E-state index in [1.807, 2.05) is 54.1 Å². The molecule has 1 atom stereocenters. The Morgan fingerprint density at radius 3 is 2.70 bits per heavy atom. The third kappa shape index (κ3) is 3.20. The SMILES string of the molecule is COc1cc2c(cc1NC(=O)[C@@H](C)[n+]1ccc3c(c1)CCCC3)oc1ccccc12. The van der Waals surface area contributed by atoms with Crippen LogP contribution in [0.25, 0.3) is 21.9 Å². The number of hydrogen-bond donors (Lipinski definition) is 1. The van der Waals surface area contributed by atoms with E-state index in [1.165, 1.54) is 24.0 Å². The summed E-state index contributed by atoms with van der Waals surface area (Å²) in [5, 5.41) is 5.03. The molecule has 5 nitrogen and oxygen atoms in total. The fraction of sp³-hybridized carbons (Fsp3) is 0.280. The van der Waals surface area contributed by atoms with Crippen LogP contribution in [0, 0.1) is 0 Å². The number of nitrogens with zero attached hydrogens (tertiary/aromatic N) is 1. The number of pyridine rings is 1. The van der Waals surface area contributed by atoms with Crippen molar-refractivity contribution in [2.45, 2.75) is 38.6 Å². The number of rotatable bonds is 4. The first-order valence-electron chi connectivity index (χ1n) is 10.5. The maximum atomic E-state index is 13.0. The van der Waals surface area contributed by atoms with Crippen molar-refractivity contribution >= 4 is 33.5 Å². The highest BCUT2D eigenvalue weighted by Gasteiger charge is 2.25. The standard InChI is InChI=1S/C25H24N2O3/c1-16(27-12-11-17-7-3-4-8-18(17)15-27)25(28)26-21-14-23-20(13-24(21)29-2)19-9-5-6-10-22(19)30-23/h5-6,9-16H,3-4,7-8H2,1-2H3/p+1/t16-/m1/s1. The van der Waals surface area contributed by atoms with Crippen molar-refractivity contribution in [1.82, 2.24) is 0 Å². The van der Waals surface area contributed by atoms with Gasteiger partial charge in [0.15, 0.2) is 12.4 Å². The van der Waals surface area contributed by atoms with Gasteiger partial charge in [-0.1, -0.05) is 18.2 Å². The van der Waals surface area contributed by atoms with Gasteiger partial charge in [-0.05, 0) is 43.4 Å². The van der Waals surface area contributed by atoms with Gasteiger partial charge in [-0.3, -0.25) is 4.79 Å². The molecule has 1 aliphatic carbocycles. The van der Waals surface area contributed by atoms with Gasteiger partial charge in [0.2, 0.25) is 6.04 Å². The Morgan fingerprint density at radius 1 is 1.07 bits per heavy atom. The highest BCUT2D eigenvalue weighted by atomic mass is 16.5. The largest absolute Gasteiger partial charge is 0.495 e. The smallest absolute Gasteiger partial charge is 0.293 e. The first kappa shape index (κ1) is 18.7. The Bertz CT molecular complexity index is 1260. The van der Waals surface area contributed by atoms with Gasteiger partial charge in [-0.2, -0.15) is 4.57 Å². The summed E-state index contributed by atoms with van der Waals surface area (Å²) in [6.45, 7) is 1.91. The highest BCUT2D eigenvalue weighted by molar-refractivity contribution is 6.07. The van der Waals surface area contributed by atoms with Crippen molar-refractivity contribution in [2.24, 2.45) is 0 Å². The van der Waals surface area contributed by atoms with Crippen LogP contribution in [0.2, 0.25) is 0 Å². The van der Waals surface area contributed by atoms with Crippen LogP contribution in [0.3, 0.4) is 0 Å². The first-order chi connectivity index (χ1) is 14.6. The number of ether oxygens (including phenoxy) is 1. The molecule has 0 bridgehead atoms. The van der Waals surface area contributed by atoms with Crippen molar-refractivity contribution in [3.63, 3.8) is 0 Å². The minimum absolute atomic E-state index is 0.0930. The fourth-order valence-corrected chi connectivity index (χ4v) is 4.32. The number of fused-ring (bicyclic) bond motifs is 4. The summed E-state index contributed by atoms with van der Waals surface area (Å²) in [4.78, 5) is 13.0. The van der Waals surface area contributed by atoms with Gasteiger partial charge in [0.05, 0.1) is 12.8 Å². The number of anilines is 1. The molecule has 30 heavy (non-hydrogen) atoms. The number of aromatic nitrogens is 1. The van der Waals surface area contributed by atoms with Gasteiger partial charge in [-0.15, -0.1) is 0 Å².